The van der Waals surface area contributed by atoms with E-state index >= 15 is 0 Å². The fourth-order valence-electron chi connectivity index (χ4n) is 0.611. The van der Waals surface area contributed by atoms with E-state index in [1.54, 1.807) is 6.07 Å². The van der Waals surface area contributed by atoms with Gasteiger partial charge in [0.15, 0.2) is 0 Å². The maximum Gasteiger partial charge on any atom is 0.211 e. The van der Waals surface area contributed by atoms with Gasteiger partial charge >= 0.3 is 0 Å². The van der Waals surface area contributed by atoms with E-state index < -0.39 is 0 Å². The molecular weight excluding hydrogens is 130 g/mol. The van der Waals surface area contributed by atoms with Crippen LogP contribution in [0.2, 0.25) is 0 Å². The van der Waals surface area contributed by atoms with Gasteiger partial charge in [-0.15, -0.1) is 0 Å². The van der Waals surface area contributed by atoms with Gasteiger partial charge in [-0.3, -0.25) is 4.79 Å². The van der Waals surface area contributed by atoms with E-state index in [0.717, 1.165) is 0 Å². The van der Waals surface area contributed by atoms with Crippen LogP contribution in [0.1, 0.15) is 0 Å². The van der Waals surface area contributed by atoms with Crippen molar-refractivity contribution >= 4 is 12.1 Å². The number of hydrogen-bond acceptors (Lipinski definition) is 2. The van der Waals surface area contributed by atoms with Gasteiger partial charge < -0.3 is 10.4 Å². The van der Waals surface area contributed by atoms with Gasteiger partial charge in [-0.2, -0.15) is 0 Å². The van der Waals surface area contributed by atoms with E-state index in [9.17, 15) is 4.79 Å². The Morgan fingerprint density at radius 1 is 1.60 bits per heavy atom. The maximum atomic E-state index is 9.88. The average molecular weight is 136 g/mol. The predicted molar refractivity (Wildman–Crippen MR) is 36.6 cm³/mol. The lowest BCUT2D eigenvalue weighted by Crippen LogP contribution is -1.91. The molecule has 0 bridgehead atoms. The number of nitrogens with one attached hydrogen (secondary N) is 1. The number of phenols is 1. The number of benzene rings is 1. The smallest absolute Gasteiger partial charge is 0.211 e. The number of hydrogen-bond donors (Lipinski definition) is 2. The number of anilines is 1. The monoisotopic (exact) mass is 136 g/mol. The summed E-state index contributed by atoms with van der Waals surface area (Å²) in [5.74, 6) is 0.0897. The van der Waals surface area contributed by atoms with E-state index in [2.05, 4.69) is 11.4 Å². The molecule has 0 aliphatic carbocycles. The molecule has 1 radical (unpaired) electrons. The molecule has 0 atom stereocenters. The highest BCUT2D eigenvalue weighted by Crippen LogP contribution is 2.13. The van der Waals surface area contributed by atoms with Crippen molar-refractivity contribution < 1.29 is 9.90 Å². The van der Waals surface area contributed by atoms with Gasteiger partial charge in [0.1, 0.15) is 5.75 Å². The lowest BCUT2D eigenvalue weighted by molar-refractivity contribution is -0.105. The van der Waals surface area contributed by atoms with Gasteiger partial charge in [0.25, 0.3) is 0 Å². The Hall–Kier alpha value is -1.51. The molecule has 0 saturated carbocycles. The van der Waals surface area contributed by atoms with Crippen LogP contribution in [0.3, 0.4) is 0 Å². The zero-order chi connectivity index (χ0) is 7.40. The summed E-state index contributed by atoms with van der Waals surface area (Å²) in [5.41, 5.74) is 0.537. The quantitative estimate of drug-likeness (QED) is 0.589. The van der Waals surface area contributed by atoms with Gasteiger partial charge in [0, 0.05) is 11.8 Å². The zero-order valence-corrected chi connectivity index (χ0v) is 5.16. The first-order chi connectivity index (χ1) is 4.83. The Bertz CT molecular complexity index is 235. The number of rotatable bonds is 2. The fourth-order valence-corrected chi connectivity index (χ4v) is 0.611. The van der Waals surface area contributed by atoms with E-state index in [1.165, 1.54) is 12.1 Å². The second-order valence-electron chi connectivity index (χ2n) is 1.74. The van der Waals surface area contributed by atoms with Crippen molar-refractivity contribution in [2.45, 2.75) is 0 Å². The molecule has 0 aromatic heterocycles. The number of aromatic hydroxyl groups is 1. The lowest BCUT2D eigenvalue weighted by atomic mass is 10.3. The third kappa shape index (κ3) is 1.48. The van der Waals surface area contributed by atoms with Crippen LogP contribution in [-0.2, 0) is 4.79 Å². The van der Waals surface area contributed by atoms with Gasteiger partial charge in [-0.25, -0.2) is 0 Å². The first kappa shape index (κ1) is 6.61. The first-order valence-corrected chi connectivity index (χ1v) is 2.73. The maximum absolute atomic E-state index is 9.88. The molecule has 0 saturated heterocycles. The van der Waals surface area contributed by atoms with Crippen molar-refractivity contribution in [2.24, 2.45) is 0 Å². The lowest BCUT2D eigenvalue weighted by Gasteiger charge is -1.96. The molecule has 10 heavy (non-hydrogen) atoms. The van der Waals surface area contributed by atoms with Crippen LogP contribution >= 0.6 is 0 Å². The van der Waals surface area contributed by atoms with E-state index in [1.807, 2.05) is 0 Å². The normalized spacial score (nSPS) is 8.80. The molecule has 1 aromatic carbocycles. The highest BCUT2D eigenvalue weighted by Gasteiger charge is 1.89. The Balaban J connectivity index is 2.84. The van der Waals surface area contributed by atoms with Crippen LogP contribution < -0.4 is 5.32 Å². The summed E-state index contributed by atoms with van der Waals surface area (Å²) in [5, 5.41) is 11.2. The molecule has 0 aliphatic heterocycles. The molecule has 0 heterocycles. The standard InChI is InChI=1S/C7H6NO2/c9-5-8-6-2-1-3-7(10)4-6/h2-5,10H,(H,8,9). The minimum absolute atomic E-state index is 0.0897. The minimum Gasteiger partial charge on any atom is -0.508 e. The summed E-state index contributed by atoms with van der Waals surface area (Å²) in [6.07, 6.45) is 0.544. The van der Waals surface area contributed by atoms with E-state index in [4.69, 9.17) is 5.11 Å². The third-order valence-corrected chi connectivity index (χ3v) is 0.999. The predicted octanol–water partition coefficient (Wildman–Crippen LogP) is 0.761. The molecule has 1 rings (SSSR count). The molecular formula is C7H6NO2. The molecule has 3 heteroatoms. The van der Waals surface area contributed by atoms with Crippen LogP contribution in [0.5, 0.6) is 5.75 Å². The summed E-state index contributed by atoms with van der Waals surface area (Å²) in [6, 6.07) is 7.05. The SMILES string of the molecule is O=CNc1c[c]cc(O)c1. The first-order valence-electron chi connectivity index (χ1n) is 2.73. The van der Waals surface area contributed by atoms with Crippen molar-refractivity contribution in [1.29, 1.82) is 0 Å². The molecule has 0 unspecified atom stereocenters. The van der Waals surface area contributed by atoms with Crippen molar-refractivity contribution in [3.8, 4) is 5.75 Å². The van der Waals surface area contributed by atoms with Crippen LogP contribution in [-0.4, -0.2) is 11.5 Å². The van der Waals surface area contributed by atoms with Crippen molar-refractivity contribution in [3.63, 3.8) is 0 Å². The number of carbonyl (C=O) groups is 1. The highest BCUT2D eigenvalue weighted by molar-refractivity contribution is 5.71. The van der Waals surface area contributed by atoms with Crippen molar-refractivity contribution in [1.82, 2.24) is 0 Å². The largest absolute Gasteiger partial charge is 0.508 e. The fraction of sp³-hybridized carbons (Fsp3) is 0. The van der Waals surface area contributed by atoms with Crippen LogP contribution in [0.25, 0.3) is 0 Å². The second kappa shape index (κ2) is 2.87. The Labute approximate surface area is 58.3 Å². The average Bonchev–Trinajstić information content (AvgIpc) is 1.88. The second-order valence-corrected chi connectivity index (χ2v) is 1.74. The van der Waals surface area contributed by atoms with Crippen LogP contribution in [0.4, 0.5) is 5.69 Å². The van der Waals surface area contributed by atoms with Gasteiger partial charge in [-0.05, 0) is 18.2 Å². The molecule has 0 aliphatic rings. The summed E-state index contributed by atoms with van der Waals surface area (Å²) in [7, 11) is 0. The molecule has 0 fully saturated rings. The molecule has 0 spiro atoms. The minimum atomic E-state index is 0.0897. The Morgan fingerprint density at radius 2 is 2.40 bits per heavy atom. The number of phenolic OH excluding ortho intramolecular Hbond substituents is 1. The third-order valence-electron chi connectivity index (χ3n) is 0.999. The van der Waals surface area contributed by atoms with Crippen molar-refractivity contribution in [2.75, 3.05) is 5.32 Å². The summed E-state index contributed by atoms with van der Waals surface area (Å²) in [6.45, 7) is 0. The summed E-state index contributed by atoms with van der Waals surface area (Å²) >= 11 is 0. The molecule has 3 nitrogen and oxygen atoms in total. The number of carbonyl (C=O) groups excluding carboxylic acids is 1. The van der Waals surface area contributed by atoms with E-state index in [-0.39, 0.29) is 5.75 Å². The van der Waals surface area contributed by atoms with Crippen LogP contribution in [0.15, 0.2) is 18.2 Å². The topological polar surface area (TPSA) is 49.3 Å². The molecule has 1 aromatic rings. The van der Waals surface area contributed by atoms with E-state index in [0.29, 0.717) is 12.1 Å². The Kier molecular flexibility index (Phi) is 1.89. The van der Waals surface area contributed by atoms with Gasteiger partial charge in [0.2, 0.25) is 6.41 Å². The highest BCUT2D eigenvalue weighted by atomic mass is 16.3. The van der Waals surface area contributed by atoms with Crippen LogP contribution in [0, 0.1) is 6.07 Å². The Morgan fingerprint density at radius 3 is 3.00 bits per heavy atom. The van der Waals surface area contributed by atoms with Crippen molar-refractivity contribution in [3.05, 3.63) is 24.3 Å². The summed E-state index contributed by atoms with van der Waals surface area (Å²) < 4.78 is 0. The zero-order valence-electron chi connectivity index (χ0n) is 5.16. The number of amides is 1. The molecule has 1 amide bonds. The molecule has 2 N–H and O–H groups in total. The van der Waals surface area contributed by atoms with Gasteiger partial charge in [-0.1, -0.05) is 0 Å². The summed E-state index contributed by atoms with van der Waals surface area (Å²) in [4.78, 5) is 9.88. The van der Waals surface area contributed by atoms with Gasteiger partial charge in [0.05, 0.1) is 0 Å². The molecule has 51 valence electrons.